The minimum Gasteiger partial charge on any atom is -0.465 e. The van der Waals surface area contributed by atoms with Gasteiger partial charge in [0.15, 0.2) is 6.23 Å². The van der Waals surface area contributed by atoms with Crippen LogP contribution in [-0.2, 0) is 4.74 Å². The molecule has 1 aromatic rings. The first-order chi connectivity index (χ1) is 11.4. The summed E-state index contributed by atoms with van der Waals surface area (Å²) in [6.45, 7) is 1.66. The van der Waals surface area contributed by atoms with E-state index in [1.165, 1.54) is 10.8 Å². The van der Waals surface area contributed by atoms with Crippen molar-refractivity contribution >= 4 is 22.6 Å². The van der Waals surface area contributed by atoms with Crippen LogP contribution in [0.4, 0.5) is 0 Å². The van der Waals surface area contributed by atoms with Gasteiger partial charge in [0.05, 0.1) is 22.8 Å². The molecule has 11 nitrogen and oxygen atoms in total. The van der Waals surface area contributed by atoms with Crippen LogP contribution in [0.2, 0.25) is 0 Å². The van der Waals surface area contributed by atoms with Crippen molar-refractivity contribution in [2.24, 2.45) is 5.11 Å². The van der Waals surface area contributed by atoms with Crippen molar-refractivity contribution in [3.63, 3.8) is 0 Å². The van der Waals surface area contributed by atoms with Crippen molar-refractivity contribution in [2.45, 2.75) is 37.6 Å². The molecular formula is C12H16IN5O6. The van der Waals surface area contributed by atoms with Gasteiger partial charge in [0.25, 0.3) is 5.56 Å². The maximum absolute atomic E-state index is 11.7. The van der Waals surface area contributed by atoms with E-state index in [4.69, 9.17) is 15.0 Å². The fraction of sp³-hybridized carbons (Fsp3) is 0.667. The molecule has 1 aliphatic rings. The van der Waals surface area contributed by atoms with Gasteiger partial charge in [0.1, 0.15) is 18.3 Å². The summed E-state index contributed by atoms with van der Waals surface area (Å²) in [5, 5.41) is 33.5. The Hall–Kier alpha value is -1.44. The summed E-state index contributed by atoms with van der Waals surface area (Å²) >= 11 is 1.77. The maximum Gasteiger partial charge on any atom is 0.301 e. The highest BCUT2D eigenvalue weighted by Gasteiger charge is 2.44. The Morgan fingerprint density at radius 2 is 2.17 bits per heavy atom. The number of ether oxygens (including phenoxy) is 2. The van der Waals surface area contributed by atoms with Crippen molar-refractivity contribution in [3.05, 3.63) is 30.6 Å². The Labute approximate surface area is 149 Å². The van der Waals surface area contributed by atoms with E-state index in [2.05, 4.69) is 15.0 Å². The molecule has 0 aromatic carbocycles. The molecule has 2 heterocycles. The predicted molar refractivity (Wildman–Crippen MR) is 88.3 cm³/mol. The lowest BCUT2D eigenvalue weighted by atomic mass is 9.98. The molecule has 1 fully saturated rings. The largest absolute Gasteiger partial charge is 0.465 e. The van der Waals surface area contributed by atoms with E-state index in [9.17, 15) is 20.1 Å². The predicted octanol–water partition coefficient (Wildman–Crippen LogP) is -0.463. The second-order valence-electron chi connectivity index (χ2n) is 4.97. The summed E-state index contributed by atoms with van der Waals surface area (Å²) in [6.07, 6.45) is -5.37. The molecule has 0 spiro atoms. The number of aliphatic hydroxyl groups is 3. The monoisotopic (exact) mass is 453 g/mol. The second kappa shape index (κ2) is 8.09. The summed E-state index contributed by atoms with van der Waals surface area (Å²) in [5.41, 5.74) is 7.90. The van der Waals surface area contributed by atoms with Gasteiger partial charge in [-0.3, -0.25) is 9.36 Å². The Kier molecular flexibility index (Phi) is 6.37. The first-order valence-corrected chi connectivity index (χ1v) is 8.10. The third-order valence-electron chi connectivity index (χ3n) is 3.43. The highest BCUT2D eigenvalue weighted by molar-refractivity contribution is 14.1. The molecule has 0 bridgehead atoms. The van der Waals surface area contributed by atoms with Gasteiger partial charge >= 0.3 is 6.01 Å². The van der Waals surface area contributed by atoms with Gasteiger partial charge in [0, 0.05) is 11.1 Å². The van der Waals surface area contributed by atoms with Gasteiger partial charge in [-0.15, -0.1) is 0 Å². The zero-order valence-electron chi connectivity index (χ0n) is 12.6. The fourth-order valence-electron chi connectivity index (χ4n) is 2.28. The topological polar surface area (TPSA) is 163 Å². The van der Waals surface area contributed by atoms with Crippen molar-refractivity contribution in [1.29, 1.82) is 0 Å². The Balaban J connectivity index is 2.43. The third-order valence-corrected chi connectivity index (χ3v) is 4.17. The summed E-state index contributed by atoms with van der Waals surface area (Å²) in [6, 6.07) is -0.0990. The van der Waals surface area contributed by atoms with Crippen LogP contribution in [-0.4, -0.2) is 62.4 Å². The van der Waals surface area contributed by atoms with Crippen LogP contribution in [0.1, 0.15) is 13.2 Å². The van der Waals surface area contributed by atoms with Crippen molar-refractivity contribution < 1.29 is 24.8 Å². The number of nitrogens with zero attached hydrogens (tertiary/aromatic N) is 5. The first kappa shape index (κ1) is 18.9. The van der Waals surface area contributed by atoms with Crippen LogP contribution < -0.4 is 10.3 Å². The molecule has 12 heteroatoms. The van der Waals surface area contributed by atoms with Crippen LogP contribution in [0.15, 0.2) is 16.1 Å². The van der Waals surface area contributed by atoms with Crippen LogP contribution in [0.5, 0.6) is 6.01 Å². The number of rotatable bonds is 5. The molecule has 1 saturated heterocycles. The van der Waals surface area contributed by atoms with E-state index >= 15 is 0 Å². The lowest BCUT2D eigenvalue weighted by Gasteiger charge is -2.41. The Bertz CT molecular complexity index is 693. The molecule has 0 radical (unpaired) electrons. The van der Waals surface area contributed by atoms with E-state index < -0.39 is 36.2 Å². The third kappa shape index (κ3) is 3.79. The van der Waals surface area contributed by atoms with E-state index in [0.29, 0.717) is 0 Å². The molecule has 5 atom stereocenters. The Morgan fingerprint density at radius 3 is 2.79 bits per heavy atom. The summed E-state index contributed by atoms with van der Waals surface area (Å²) in [4.78, 5) is 18.0. The van der Waals surface area contributed by atoms with Gasteiger partial charge in [-0.1, -0.05) is 5.11 Å². The van der Waals surface area contributed by atoms with Crippen molar-refractivity contribution in [3.8, 4) is 6.01 Å². The van der Waals surface area contributed by atoms with E-state index in [-0.39, 0.29) is 22.7 Å². The molecule has 132 valence electrons. The van der Waals surface area contributed by atoms with Gasteiger partial charge < -0.3 is 24.8 Å². The van der Waals surface area contributed by atoms with Crippen molar-refractivity contribution in [1.82, 2.24) is 9.55 Å². The highest BCUT2D eigenvalue weighted by Crippen LogP contribution is 2.31. The molecule has 0 saturated carbocycles. The molecule has 0 unspecified atom stereocenters. The lowest BCUT2D eigenvalue weighted by molar-refractivity contribution is -0.243. The Morgan fingerprint density at radius 1 is 1.46 bits per heavy atom. The van der Waals surface area contributed by atoms with Gasteiger partial charge in [-0.25, -0.2) is 0 Å². The minimum atomic E-state index is -1.55. The number of aliphatic hydroxyl groups excluding tert-OH is 3. The lowest BCUT2D eigenvalue weighted by Crippen LogP contribution is -2.56. The zero-order chi connectivity index (χ0) is 17.9. The number of aromatic nitrogens is 2. The average molecular weight is 453 g/mol. The van der Waals surface area contributed by atoms with Crippen molar-refractivity contribution in [2.75, 3.05) is 13.2 Å². The molecule has 1 aliphatic heterocycles. The number of hydrogen-bond acceptors (Lipinski definition) is 8. The summed E-state index contributed by atoms with van der Waals surface area (Å²) in [5.74, 6) is 0. The first-order valence-electron chi connectivity index (χ1n) is 7.02. The minimum absolute atomic E-state index is 0.0990. The van der Waals surface area contributed by atoms with Gasteiger partial charge in [-0.2, -0.15) is 4.98 Å². The number of azide groups is 1. The van der Waals surface area contributed by atoms with Crippen LogP contribution >= 0.6 is 22.6 Å². The summed E-state index contributed by atoms with van der Waals surface area (Å²) < 4.78 is 12.4. The van der Waals surface area contributed by atoms with Crippen LogP contribution in [0, 0.1) is 3.57 Å². The molecule has 0 aliphatic carbocycles. The normalized spacial score (nSPS) is 29.8. The quantitative estimate of drug-likeness (QED) is 0.235. The molecule has 3 N–H and O–H groups in total. The fourth-order valence-corrected chi connectivity index (χ4v) is 2.70. The second-order valence-corrected chi connectivity index (χ2v) is 6.13. The van der Waals surface area contributed by atoms with E-state index in [1.807, 2.05) is 0 Å². The van der Waals surface area contributed by atoms with E-state index in [1.54, 1.807) is 29.5 Å². The van der Waals surface area contributed by atoms with Gasteiger partial charge in [0.2, 0.25) is 0 Å². The SMILES string of the molecule is CCOc1nc(=O)c(I)cn1[C@@H]1O[C@H](CN=[N+]=[N-])[C@@H](O)[C@H](O)[C@H]1O. The van der Waals surface area contributed by atoms with E-state index in [0.717, 1.165) is 0 Å². The molecule has 2 rings (SSSR count). The summed E-state index contributed by atoms with van der Waals surface area (Å²) in [7, 11) is 0. The highest BCUT2D eigenvalue weighted by atomic mass is 127. The number of hydrogen-bond donors (Lipinski definition) is 3. The van der Waals surface area contributed by atoms with Crippen LogP contribution in [0.25, 0.3) is 10.4 Å². The molecule has 24 heavy (non-hydrogen) atoms. The average Bonchev–Trinajstić information content (AvgIpc) is 2.56. The smallest absolute Gasteiger partial charge is 0.301 e. The molecule has 1 aromatic heterocycles. The molecule has 0 amide bonds. The molecular weight excluding hydrogens is 437 g/mol. The number of halogens is 1. The van der Waals surface area contributed by atoms with Gasteiger partial charge in [-0.05, 0) is 35.0 Å². The van der Waals surface area contributed by atoms with Crippen LogP contribution in [0.3, 0.4) is 0 Å². The maximum atomic E-state index is 11.7. The zero-order valence-corrected chi connectivity index (χ0v) is 14.7. The standard InChI is InChI=1S/C12H16IN5O6/c1-2-23-12-16-10(22)5(13)4-18(12)11-9(21)8(20)7(19)6(24-11)3-15-17-14/h4,6-9,11,19-21H,2-3H2,1H3/t6-,7-,8+,9-,11-/m1/s1.